The van der Waals surface area contributed by atoms with Gasteiger partial charge in [-0.3, -0.25) is 0 Å². The summed E-state index contributed by atoms with van der Waals surface area (Å²) in [5.41, 5.74) is 1.35. The number of halogens is 3. The molecule has 124 valence electrons. The number of anilines is 2. The van der Waals surface area contributed by atoms with Crippen molar-refractivity contribution in [2.45, 2.75) is 12.6 Å². The summed E-state index contributed by atoms with van der Waals surface area (Å²) in [6.45, 7) is 0. The van der Waals surface area contributed by atoms with Gasteiger partial charge in [-0.15, -0.1) is 0 Å². The van der Waals surface area contributed by atoms with Crippen molar-refractivity contribution in [2.75, 3.05) is 4.90 Å². The Morgan fingerprint density at radius 3 is 2.48 bits per heavy atom. The van der Waals surface area contributed by atoms with Crippen molar-refractivity contribution in [1.82, 2.24) is 4.98 Å². The Kier molecular flexibility index (Phi) is 3.37. The molecule has 0 saturated carbocycles. The minimum absolute atomic E-state index is 0.224. The van der Waals surface area contributed by atoms with Crippen LogP contribution in [-0.2, 0) is 17.4 Å². The van der Waals surface area contributed by atoms with Crippen molar-refractivity contribution in [2.24, 2.45) is 0 Å². The van der Waals surface area contributed by atoms with Crippen molar-refractivity contribution in [1.29, 1.82) is 0 Å². The highest BCUT2D eigenvalue weighted by atomic mass is 19.4. The molecule has 0 unspecified atom stereocenters. The van der Waals surface area contributed by atoms with E-state index in [2.05, 4.69) is 4.98 Å². The van der Waals surface area contributed by atoms with Crippen LogP contribution in [0, 0.1) is 0 Å². The first-order valence-corrected chi connectivity index (χ1v) is 7.58. The van der Waals surface area contributed by atoms with Gasteiger partial charge in [-0.25, -0.2) is 9.78 Å². The second kappa shape index (κ2) is 5.46. The summed E-state index contributed by atoms with van der Waals surface area (Å²) >= 11 is 0. The third-order valence-corrected chi connectivity index (χ3v) is 4.20. The van der Waals surface area contributed by atoms with E-state index >= 15 is 0 Å². The molecule has 0 atom stereocenters. The van der Waals surface area contributed by atoms with Crippen LogP contribution in [0.15, 0.2) is 60.3 Å². The molecule has 0 fully saturated rings. The first-order chi connectivity index (χ1) is 12.0. The molecule has 0 amide bonds. The summed E-state index contributed by atoms with van der Waals surface area (Å²) in [6, 6.07) is 14.8. The Morgan fingerprint density at radius 2 is 1.72 bits per heavy atom. The summed E-state index contributed by atoms with van der Waals surface area (Å²) in [6.07, 6.45) is -4.25. The van der Waals surface area contributed by atoms with Crippen LogP contribution < -0.4 is 4.90 Å². The van der Waals surface area contributed by atoms with E-state index in [0.717, 1.165) is 11.6 Å². The molecule has 4 rings (SSSR count). The average molecular weight is 340 g/mol. The highest BCUT2D eigenvalue weighted by molar-refractivity contribution is 5.97. The quantitative estimate of drug-likeness (QED) is 0.604. The zero-order valence-electron chi connectivity index (χ0n) is 12.8. The van der Waals surface area contributed by atoms with Crippen molar-refractivity contribution < 1.29 is 18.0 Å². The summed E-state index contributed by atoms with van der Waals surface area (Å²) in [7, 11) is 0. The normalized spacial score (nSPS) is 13.9. The number of carbonyl (C=O) groups excluding carboxylic acids is 1. The van der Waals surface area contributed by atoms with Gasteiger partial charge in [-0.2, -0.15) is 13.2 Å². The van der Waals surface area contributed by atoms with E-state index in [1.165, 1.54) is 6.07 Å². The molecule has 0 bridgehead atoms. The van der Waals surface area contributed by atoms with Crippen molar-refractivity contribution in [3.63, 3.8) is 0 Å². The number of hydrogen-bond donors (Lipinski definition) is 0. The molecule has 1 aliphatic rings. The monoisotopic (exact) mass is 340 g/mol. The lowest BCUT2D eigenvalue weighted by Gasteiger charge is -2.22. The Morgan fingerprint density at radius 1 is 1.00 bits per heavy atom. The van der Waals surface area contributed by atoms with Crippen LogP contribution in [0.5, 0.6) is 0 Å². The number of allylic oxidation sites excluding steroid dienone is 1. The predicted molar refractivity (Wildman–Crippen MR) is 88.2 cm³/mol. The molecule has 3 aromatic rings. The van der Waals surface area contributed by atoms with E-state index in [0.29, 0.717) is 17.5 Å². The van der Waals surface area contributed by atoms with E-state index < -0.39 is 11.9 Å². The van der Waals surface area contributed by atoms with Gasteiger partial charge in [0.2, 0.25) is 0 Å². The Labute approximate surface area is 141 Å². The minimum atomic E-state index is -4.58. The van der Waals surface area contributed by atoms with Gasteiger partial charge in [0.25, 0.3) is 0 Å². The fourth-order valence-electron chi connectivity index (χ4n) is 3.13. The maximum Gasteiger partial charge on any atom is 0.433 e. The Hall–Kier alpha value is -3.11. The van der Waals surface area contributed by atoms with Gasteiger partial charge in [-0.1, -0.05) is 36.4 Å². The number of para-hydroxylation sites is 2. The Bertz CT molecular complexity index is 1040. The highest BCUT2D eigenvalue weighted by Crippen LogP contribution is 2.43. The minimum Gasteiger partial charge on any atom is -0.303 e. The van der Waals surface area contributed by atoms with Crippen molar-refractivity contribution in [3.05, 3.63) is 71.6 Å². The van der Waals surface area contributed by atoms with Crippen LogP contribution in [-0.4, -0.2) is 10.9 Å². The molecule has 2 heterocycles. The van der Waals surface area contributed by atoms with Crippen molar-refractivity contribution in [3.8, 4) is 0 Å². The molecule has 0 spiro atoms. The average Bonchev–Trinajstić information content (AvgIpc) is 2.98. The molecule has 0 radical (unpaired) electrons. The standard InChI is InChI=1S/C19H11F3N2O/c20-19(21,22)18-10-17(14-6-2-3-7-15(14)23-18)24-13(11-25)9-12-5-1-4-8-16(12)24/h1-8,10H,9H2. The Balaban J connectivity index is 2.05. The molecular formula is C19H11F3N2O. The maximum atomic E-state index is 13.3. The fourth-order valence-corrected chi connectivity index (χ4v) is 3.13. The van der Waals surface area contributed by atoms with Crippen LogP contribution in [0.1, 0.15) is 11.3 Å². The van der Waals surface area contributed by atoms with E-state index in [9.17, 15) is 18.0 Å². The lowest BCUT2D eigenvalue weighted by molar-refractivity contribution is -0.140. The molecule has 0 aliphatic carbocycles. The molecule has 1 aromatic heterocycles. The second-order valence-corrected chi connectivity index (χ2v) is 5.73. The smallest absolute Gasteiger partial charge is 0.303 e. The lowest BCUT2D eigenvalue weighted by Crippen LogP contribution is -2.16. The van der Waals surface area contributed by atoms with Gasteiger partial charge in [-0.05, 0) is 23.8 Å². The molecule has 6 heteroatoms. The van der Waals surface area contributed by atoms with Gasteiger partial charge in [0, 0.05) is 11.8 Å². The van der Waals surface area contributed by atoms with Gasteiger partial charge in [0.05, 0.1) is 16.9 Å². The van der Waals surface area contributed by atoms with E-state index in [1.807, 2.05) is 18.1 Å². The molecule has 0 N–H and O–H groups in total. The first-order valence-electron chi connectivity index (χ1n) is 7.58. The number of rotatable bonds is 1. The zero-order chi connectivity index (χ0) is 17.6. The van der Waals surface area contributed by atoms with Gasteiger partial charge >= 0.3 is 6.18 Å². The van der Waals surface area contributed by atoms with E-state index in [1.54, 1.807) is 35.2 Å². The van der Waals surface area contributed by atoms with Crippen LogP contribution in [0.3, 0.4) is 0 Å². The van der Waals surface area contributed by atoms with Crippen LogP contribution in [0.2, 0.25) is 0 Å². The summed E-state index contributed by atoms with van der Waals surface area (Å²) in [4.78, 5) is 16.7. The largest absolute Gasteiger partial charge is 0.433 e. The van der Waals surface area contributed by atoms with E-state index in [-0.39, 0.29) is 16.9 Å². The number of nitrogens with zero attached hydrogens (tertiary/aromatic N) is 2. The number of benzene rings is 2. The van der Waals surface area contributed by atoms with Gasteiger partial charge < -0.3 is 4.90 Å². The van der Waals surface area contributed by atoms with Crippen LogP contribution in [0.25, 0.3) is 10.9 Å². The summed E-state index contributed by atoms with van der Waals surface area (Å²) in [5.74, 6) is 1.87. The van der Waals surface area contributed by atoms with E-state index in [4.69, 9.17) is 0 Å². The molecule has 2 aromatic carbocycles. The van der Waals surface area contributed by atoms with Gasteiger partial charge in [0.1, 0.15) is 17.3 Å². The fraction of sp³-hybridized carbons (Fsp3) is 0.105. The SMILES string of the molecule is O=C=C1Cc2ccccc2N1c1cc(C(F)(F)F)nc2ccccc12. The number of hydrogen-bond acceptors (Lipinski definition) is 3. The van der Waals surface area contributed by atoms with Crippen LogP contribution in [0.4, 0.5) is 24.5 Å². The third-order valence-electron chi connectivity index (χ3n) is 4.20. The maximum absolute atomic E-state index is 13.3. The molecule has 0 saturated heterocycles. The topological polar surface area (TPSA) is 33.2 Å². The molecule has 3 nitrogen and oxygen atoms in total. The third kappa shape index (κ3) is 2.47. The molecule has 25 heavy (non-hydrogen) atoms. The summed E-state index contributed by atoms with van der Waals surface area (Å²) < 4.78 is 39.9. The predicted octanol–water partition coefficient (Wildman–Crippen LogP) is 4.66. The van der Waals surface area contributed by atoms with Crippen molar-refractivity contribution >= 4 is 28.2 Å². The van der Waals surface area contributed by atoms with Gasteiger partial charge in [0.15, 0.2) is 0 Å². The molecule has 1 aliphatic heterocycles. The number of fused-ring (bicyclic) bond motifs is 2. The number of aromatic nitrogens is 1. The zero-order valence-corrected chi connectivity index (χ0v) is 12.8. The van der Waals surface area contributed by atoms with Crippen LogP contribution >= 0.6 is 0 Å². The highest BCUT2D eigenvalue weighted by Gasteiger charge is 2.35. The second-order valence-electron chi connectivity index (χ2n) is 5.73. The molecular weight excluding hydrogens is 329 g/mol. The number of alkyl halides is 3. The lowest BCUT2D eigenvalue weighted by atomic mass is 10.1. The summed E-state index contributed by atoms with van der Waals surface area (Å²) in [5, 5.41) is 0.542. The number of pyridine rings is 1. The first kappa shape index (κ1) is 15.4.